The van der Waals surface area contributed by atoms with Gasteiger partial charge in [0.2, 0.25) is 0 Å². The minimum atomic E-state index is -5.13. The molecular formula is C8H3F5INO2. The van der Waals surface area contributed by atoms with E-state index in [2.05, 4.69) is 4.98 Å². The Labute approximate surface area is 105 Å². The molecule has 1 N–H and O–H groups in total. The summed E-state index contributed by atoms with van der Waals surface area (Å²) in [6, 6.07) is 0.666. The van der Waals surface area contributed by atoms with E-state index in [1.54, 1.807) is 0 Å². The maximum absolute atomic E-state index is 12.5. The van der Waals surface area contributed by atoms with E-state index in [0.29, 0.717) is 6.07 Å². The van der Waals surface area contributed by atoms with Crippen molar-refractivity contribution in [1.29, 1.82) is 0 Å². The number of halogens is 6. The van der Waals surface area contributed by atoms with Crippen molar-refractivity contribution in [1.82, 2.24) is 4.98 Å². The van der Waals surface area contributed by atoms with Gasteiger partial charge in [-0.3, -0.25) is 0 Å². The standard InChI is InChI=1S/C8H3F5INO2/c9-6(10)4-2(14)1-3(7(16)17)15-5(4)8(11,12)13/h1,6H,(H,16,17). The minimum Gasteiger partial charge on any atom is -0.477 e. The molecule has 1 heterocycles. The maximum Gasteiger partial charge on any atom is 0.433 e. The summed E-state index contributed by atoms with van der Waals surface area (Å²) in [6.45, 7) is 0. The molecule has 0 saturated carbocycles. The SMILES string of the molecule is O=C(O)c1cc(I)c(C(F)F)c(C(F)(F)F)n1. The van der Waals surface area contributed by atoms with Crippen LogP contribution in [0.5, 0.6) is 0 Å². The quantitative estimate of drug-likeness (QED) is 0.645. The van der Waals surface area contributed by atoms with Crippen LogP contribution >= 0.6 is 22.6 Å². The third-order valence-electron chi connectivity index (χ3n) is 1.71. The number of pyridine rings is 1. The molecule has 0 spiro atoms. The molecule has 0 fully saturated rings. The summed E-state index contributed by atoms with van der Waals surface area (Å²) in [7, 11) is 0. The topological polar surface area (TPSA) is 50.2 Å². The van der Waals surface area contributed by atoms with Crippen molar-refractivity contribution in [2.45, 2.75) is 12.6 Å². The van der Waals surface area contributed by atoms with Crippen LogP contribution in [0.3, 0.4) is 0 Å². The van der Waals surface area contributed by atoms with Gasteiger partial charge in [0.25, 0.3) is 6.43 Å². The molecule has 0 saturated heterocycles. The lowest BCUT2D eigenvalue weighted by Crippen LogP contribution is -2.17. The molecule has 1 aromatic rings. The molecule has 17 heavy (non-hydrogen) atoms. The average molecular weight is 367 g/mol. The van der Waals surface area contributed by atoms with Crippen LogP contribution in [0.15, 0.2) is 6.07 Å². The molecule has 1 rings (SSSR count). The number of alkyl halides is 5. The van der Waals surface area contributed by atoms with Crippen molar-refractivity contribution in [2.24, 2.45) is 0 Å². The van der Waals surface area contributed by atoms with Gasteiger partial charge in [-0.25, -0.2) is 18.6 Å². The zero-order valence-corrected chi connectivity index (χ0v) is 9.88. The molecular weight excluding hydrogens is 364 g/mol. The number of carboxylic acids is 1. The van der Waals surface area contributed by atoms with E-state index in [-0.39, 0.29) is 0 Å². The van der Waals surface area contributed by atoms with Gasteiger partial charge in [0.05, 0.1) is 5.56 Å². The van der Waals surface area contributed by atoms with Gasteiger partial charge in [-0.15, -0.1) is 0 Å². The fourth-order valence-electron chi connectivity index (χ4n) is 1.06. The Hall–Kier alpha value is -1.00. The Morgan fingerprint density at radius 2 is 1.94 bits per heavy atom. The molecule has 0 aromatic carbocycles. The first kappa shape index (κ1) is 14.1. The van der Waals surface area contributed by atoms with E-state index in [4.69, 9.17) is 5.11 Å². The van der Waals surface area contributed by atoms with Crippen molar-refractivity contribution >= 4 is 28.6 Å². The fourth-order valence-corrected chi connectivity index (χ4v) is 1.84. The summed E-state index contributed by atoms with van der Waals surface area (Å²) in [4.78, 5) is 13.2. The second-order valence-electron chi connectivity index (χ2n) is 2.86. The highest BCUT2D eigenvalue weighted by Gasteiger charge is 2.39. The highest BCUT2D eigenvalue weighted by Crippen LogP contribution is 2.37. The van der Waals surface area contributed by atoms with E-state index in [1.165, 1.54) is 22.6 Å². The second-order valence-corrected chi connectivity index (χ2v) is 4.02. The highest BCUT2D eigenvalue weighted by atomic mass is 127. The van der Waals surface area contributed by atoms with E-state index in [1.807, 2.05) is 0 Å². The van der Waals surface area contributed by atoms with Crippen molar-refractivity contribution < 1.29 is 31.9 Å². The van der Waals surface area contributed by atoms with Crippen molar-refractivity contribution in [3.8, 4) is 0 Å². The third kappa shape index (κ3) is 3.01. The largest absolute Gasteiger partial charge is 0.477 e. The van der Waals surface area contributed by atoms with Gasteiger partial charge >= 0.3 is 12.1 Å². The van der Waals surface area contributed by atoms with Crippen molar-refractivity contribution in [3.63, 3.8) is 0 Å². The lowest BCUT2D eigenvalue weighted by atomic mass is 10.1. The van der Waals surface area contributed by atoms with Crippen LogP contribution in [0.25, 0.3) is 0 Å². The lowest BCUT2D eigenvalue weighted by molar-refractivity contribution is -0.143. The predicted octanol–water partition coefficient (Wildman–Crippen LogP) is 3.34. The Morgan fingerprint density at radius 1 is 1.41 bits per heavy atom. The number of hydrogen-bond donors (Lipinski definition) is 1. The number of rotatable bonds is 2. The molecule has 0 unspecified atom stereocenters. The normalized spacial score (nSPS) is 11.9. The van der Waals surface area contributed by atoms with E-state index >= 15 is 0 Å². The van der Waals surface area contributed by atoms with Crippen LogP contribution in [0, 0.1) is 3.57 Å². The first-order valence-corrected chi connectivity index (χ1v) is 5.01. The highest BCUT2D eigenvalue weighted by molar-refractivity contribution is 14.1. The van der Waals surface area contributed by atoms with E-state index < -0.39 is 39.1 Å². The Kier molecular flexibility index (Phi) is 3.89. The fraction of sp³-hybridized carbons (Fsp3) is 0.250. The average Bonchev–Trinajstić information content (AvgIpc) is 2.14. The number of aromatic nitrogens is 1. The number of hydrogen-bond acceptors (Lipinski definition) is 2. The lowest BCUT2D eigenvalue weighted by Gasteiger charge is -2.13. The first-order valence-electron chi connectivity index (χ1n) is 3.93. The van der Waals surface area contributed by atoms with Gasteiger partial charge in [0.1, 0.15) is 5.69 Å². The molecule has 0 bridgehead atoms. The van der Waals surface area contributed by atoms with Gasteiger partial charge in [-0.2, -0.15) is 13.2 Å². The Morgan fingerprint density at radius 3 is 2.29 bits per heavy atom. The zero-order valence-electron chi connectivity index (χ0n) is 7.73. The molecule has 94 valence electrons. The van der Waals surface area contributed by atoms with Crippen molar-refractivity contribution in [2.75, 3.05) is 0 Å². The molecule has 9 heteroatoms. The number of carbonyl (C=O) groups is 1. The van der Waals surface area contributed by atoms with Gasteiger partial charge in [0, 0.05) is 3.57 Å². The number of nitrogens with zero attached hydrogens (tertiary/aromatic N) is 1. The molecule has 0 amide bonds. The van der Waals surface area contributed by atoms with Crippen LogP contribution in [0.1, 0.15) is 28.2 Å². The molecule has 0 aliphatic heterocycles. The van der Waals surface area contributed by atoms with Crippen LogP contribution in [0.2, 0.25) is 0 Å². The van der Waals surface area contributed by atoms with Crippen LogP contribution in [-0.4, -0.2) is 16.1 Å². The van der Waals surface area contributed by atoms with Crippen LogP contribution in [0.4, 0.5) is 22.0 Å². The Balaban J connectivity index is 3.57. The second kappa shape index (κ2) is 4.70. The zero-order chi connectivity index (χ0) is 13.4. The summed E-state index contributed by atoms with van der Waals surface area (Å²) in [5.41, 5.74) is -4.09. The smallest absolute Gasteiger partial charge is 0.433 e. The van der Waals surface area contributed by atoms with Gasteiger partial charge in [-0.05, 0) is 28.7 Å². The van der Waals surface area contributed by atoms with Gasteiger partial charge in [-0.1, -0.05) is 0 Å². The molecule has 0 aliphatic carbocycles. The maximum atomic E-state index is 12.5. The summed E-state index contributed by atoms with van der Waals surface area (Å²) < 4.78 is 61.8. The molecule has 1 aromatic heterocycles. The van der Waals surface area contributed by atoms with Gasteiger partial charge < -0.3 is 5.11 Å². The van der Waals surface area contributed by atoms with Gasteiger partial charge in [0.15, 0.2) is 5.69 Å². The minimum absolute atomic E-state index is 0.489. The number of aromatic carboxylic acids is 1. The predicted molar refractivity (Wildman–Crippen MR) is 53.9 cm³/mol. The summed E-state index contributed by atoms with van der Waals surface area (Å²) in [6.07, 6.45) is -8.51. The third-order valence-corrected chi connectivity index (χ3v) is 2.61. The molecule has 0 aliphatic rings. The number of carboxylic acid groups (broad SMARTS) is 1. The monoisotopic (exact) mass is 367 g/mol. The molecule has 0 atom stereocenters. The Bertz CT molecular complexity index is 460. The van der Waals surface area contributed by atoms with Crippen LogP contribution < -0.4 is 0 Å². The summed E-state index contributed by atoms with van der Waals surface area (Å²) >= 11 is 1.22. The summed E-state index contributed by atoms with van der Waals surface area (Å²) in [5, 5.41) is 8.51. The summed E-state index contributed by atoms with van der Waals surface area (Å²) in [5.74, 6) is -1.71. The first-order chi connectivity index (χ1) is 7.64. The molecule has 0 radical (unpaired) electrons. The van der Waals surface area contributed by atoms with E-state index in [0.717, 1.165) is 0 Å². The van der Waals surface area contributed by atoms with Crippen molar-refractivity contribution in [3.05, 3.63) is 26.6 Å². The van der Waals surface area contributed by atoms with Crippen LogP contribution in [-0.2, 0) is 6.18 Å². The molecule has 3 nitrogen and oxygen atoms in total. The van der Waals surface area contributed by atoms with E-state index in [9.17, 15) is 26.7 Å².